The van der Waals surface area contributed by atoms with Crippen molar-refractivity contribution in [3.63, 3.8) is 0 Å². The van der Waals surface area contributed by atoms with Crippen molar-refractivity contribution < 1.29 is 0 Å². The molecule has 1 saturated heterocycles. The molecule has 1 aromatic rings. The first-order valence-electron chi connectivity index (χ1n) is 6.00. The molecule has 2 heterocycles. The van der Waals surface area contributed by atoms with Gasteiger partial charge in [0.25, 0.3) is 0 Å². The van der Waals surface area contributed by atoms with Crippen LogP contribution in [-0.2, 0) is 0 Å². The zero-order chi connectivity index (χ0) is 11.5. The van der Waals surface area contributed by atoms with Gasteiger partial charge in [0.2, 0.25) is 5.95 Å². The third kappa shape index (κ3) is 2.50. The third-order valence-corrected chi connectivity index (χ3v) is 3.08. The highest BCUT2D eigenvalue weighted by Crippen LogP contribution is 2.17. The number of aromatic nitrogens is 2. The number of hydrogen-bond donors (Lipinski definition) is 1. The monoisotopic (exact) mass is 220 g/mol. The highest BCUT2D eigenvalue weighted by molar-refractivity contribution is 5.31. The molecular formula is C12H20N4. The number of piperidine rings is 1. The maximum atomic E-state index is 5.89. The zero-order valence-electron chi connectivity index (χ0n) is 10.1. The molecule has 0 aliphatic carbocycles. The van der Waals surface area contributed by atoms with Gasteiger partial charge in [-0.2, -0.15) is 0 Å². The Kier molecular flexibility index (Phi) is 3.39. The molecule has 2 N–H and O–H groups in total. The van der Waals surface area contributed by atoms with Crippen LogP contribution in [0.2, 0.25) is 0 Å². The Morgan fingerprint density at radius 1 is 1.38 bits per heavy atom. The fraction of sp³-hybridized carbons (Fsp3) is 0.667. The first kappa shape index (κ1) is 11.3. The Hall–Kier alpha value is -1.16. The number of hydrogen-bond acceptors (Lipinski definition) is 4. The average molecular weight is 220 g/mol. The standard InChI is InChI=1S/C12H20N4/c1-9(2)11-3-6-14-12(15-11)16-7-4-10(13)5-8-16/h3,6,9-10H,4-5,7-8,13H2,1-2H3. The molecule has 1 aliphatic heterocycles. The summed E-state index contributed by atoms with van der Waals surface area (Å²) >= 11 is 0. The van der Waals surface area contributed by atoms with E-state index in [9.17, 15) is 0 Å². The van der Waals surface area contributed by atoms with Gasteiger partial charge in [0, 0.05) is 31.0 Å². The summed E-state index contributed by atoms with van der Waals surface area (Å²) in [5.74, 6) is 1.31. The van der Waals surface area contributed by atoms with E-state index in [0.717, 1.165) is 37.6 Å². The molecule has 1 aliphatic rings. The fourth-order valence-corrected chi connectivity index (χ4v) is 1.94. The quantitative estimate of drug-likeness (QED) is 0.821. The van der Waals surface area contributed by atoms with Crippen molar-refractivity contribution in [2.45, 2.75) is 38.6 Å². The van der Waals surface area contributed by atoms with Crippen LogP contribution in [0.1, 0.15) is 38.3 Å². The Bertz CT molecular complexity index is 343. The first-order valence-corrected chi connectivity index (χ1v) is 6.00. The summed E-state index contributed by atoms with van der Waals surface area (Å²) in [5, 5.41) is 0. The molecule has 0 saturated carbocycles. The minimum absolute atomic E-state index is 0.351. The predicted octanol–water partition coefficient (Wildman–Crippen LogP) is 1.53. The number of nitrogens with two attached hydrogens (primary N) is 1. The van der Waals surface area contributed by atoms with Crippen LogP contribution in [0.4, 0.5) is 5.95 Å². The minimum Gasteiger partial charge on any atom is -0.341 e. The molecule has 0 atom stereocenters. The summed E-state index contributed by atoms with van der Waals surface area (Å²) in [6.45, 7) is 6.25. The molecule has 0 bridgehead atoms. The Balaban J connectivity index is 2.11. The van der Waals surface area contributed by atoms with E-state index in [2.05, 4.69) is 28.7 Å². The Morgan fingerprint density at radius 3 is 2.69 bits per heavy atom. The van der Waals surface area contributed by atoms with Crippen LogP contribution in [0.15, 0.2) is 12.3 Å². The summed E-state index contributed by atoms with van der Waals surface area (Å²) < 4.78 is 0. The maximum absolute atomic E-state index is 5.89. The molecule has 0 amide bonds. The van der Waals surface area contributed by atoms with Crippen molar-refractivity contribution in [1.82, 2.24) is 9.97 Å². The summed E-state index contributed by atoms with van der Waals surface area (Å²) in [4.78, 5) is 11.2. The zero-order valence-corrected chi connectivity index (χ0v) is 10.1. The van der Waals surface area contributed by atoms with Crippen molar-refractivity contribution in [2.75, 3.05) is 18.0 Å². The summed E-state index contributed by atoms with van der Waals surface area (Å²) in [5.41, 5.74) is 7.00. The van der Waals surface area contributed by atoms with Gasteiger partial charge in [-0.25, -0.2) is 9.97 Å². The van der Waals surface area contributed by atoms with Crippen molar-refractivity contribution in [3.8, 4) is 0 Å². The van der Waals surface area contributed by atoms with E-state index < -0.39 is 0 Å². The summed E-state index contributed by atoms with van der Waals surface area (Å²) in [6, 6.07) is 2.34. The lowest BCUT2D eigenvalue weighted by atomic mass is 10.1. The second kappa shape index (κ2) is 4.78. The smallest absolute Gasteiger partial charge is 0.225 e. The van der Waals surface area contributed by atoms with Crippen molar-refractivity contribution in [1.29, 1.82) is 0 Å². The molecule has 0 unspecified atom stereocenters. The number of anilines is 1. The molecule has 88 valence electrons. The minimum atomic E-state index is 0.351. The van der Waals surface area contributed by atoms with Crippen LogP contribution in [0.25, 0.3) is 0 Å². The second-order valence-corrected chi connectivity index (χ2v) is 4.76. The van der Waals surface area contributed by atoms with Crippen LogP contribution in [0.5, 0.6) is 0 Å². The van der Waals surface area contributed by atoms with E-state index in [4.69, 9.17) is 5.73 Å². The van der Waals surface area contributed by atoms with Crippen LogP contribution in [0.3, 0.4) is 0 Å². The normalized spacial score (nSPS) is 18.1. The Labute approximate surface area is 96.9 Å². The van der Waals surface area contributed by atoms with Crippen LogP contribution in [-0.4, -0.2) is 29.1 Å². The van der Waals surface area contributed by atoms with Gasteiger partial charge in [-0.1, -0.05) is 13.8 Å². The predicted molar refractivity (Wildman–Crippen MR) is 65.5 cm³/mol. The summed E-state index contributed by atoms with van der Waals surface area (Å²) in [6.07, 6.45) is 3.93. The number of rotatable bonds is 2. The van der Waals surface area contributed by atoms with Gasteiger partial charge in [-0.3, -0.25) is 0 Å². The highest BCUT2D eigenvalue weighted by Gasteiger charge is 2.18. The molecule has 4 nitrogen and oxygen atoms in total. The van der Waals surface area contributed by atoms with E-state index in [-0.39, 0.29) is 0 Å². The van der Waals surface area contributed by atoms with E-state index >= 15 is 0 Å². The lowest BCUT2D eigenvalue weighted by Gasteiger charge is -2.30. The van der Waals surface area contributed by atoms with Crippen LogP contribution < -0.4 is 10.6 Å². The van der Waals surface area contributed by atoms with Crippen molar-refractivity contribution >= 4 is 5.95 Å². The second-order valence-electron chi connectivity index (χ2n) is 4.76. The van der Waals surface area contributed by atoms with E-state index in [1.54, 1.807) is 0 Å². The maximum Gasteiger partial charge on any atom is 0.225 e. The topological polar surface area (TPSA) is 55.0 Å². The highest BCUT2D eigenvalue weighted by atomic mass is 15.3. The molecule has 2 rings (SSSR count). The van der Waals surface area contributed by atoms with Crippen molar-refractivity contribution in [2.24, 2.45) is 5.73 Å². The molecule has 0 aromatic carbocycles. The van der Waals surface area contributed by atoms with Gasteiger partial charge >= 0.3 is 0 Å². The van der Waals surface area contributed by atoms with E-state index in [1.165, 1.54) is 0 Å². The molecule has 0 radical (unpaired) electrons. The first-order chi connectivity index (χ1) is 7.66. The molecule has 16 heavy (non-hydrogen) atoms. The van der Waals surface area contributed by atoms with Gasteiger partial charge in [0.15, 0.2) is 0 Å². The number of nitrogens with zero attached hydrogens (tertiary/aromatic N) is 3. The van der Waals surface area contributed by atoms with Gasteiger partial charge in [-0.05, 0) is 24.8 Å². The van der Waals surface area contributed by atoms with Gasteiger partial charge < -0.3 is 10.6 Å². The van der Waals surface area contributed by atoms with Crippen molar-refractivity contribution in [3.05, 3.63) is 18.0 Å². The molecule has 1 fully saturated rings. The largest absolute Gasteiger partial charge is 0.341 e. The molecule has 4 heteroatoms. The Morgan fingerprint density at radius 2 is 2.06 bits per heavy atom. The van der Waals surface area contributed by atoms with Gasteiger partial charge in [-0.15, -0.1) is 0 Å². The third-order valence-electron chi connectivity index (χ3n) is 3.08. The van der Waals surface area contributed by atoms with Crippen LogP contribution in [0, 0.1) is 0 Å². The lowest BCUT2D eigenvalue weighted by Crippen LogP contribution is -2.40. The van der Waals surface area contributed by atoms with E-state index in [1.807, 2.05) is 12.3 Å². The molecular weight excluding hydrogens is 200 g/mol. The molecule has 0 spiro atoms. The lowest BCUT2D eigenvalue weighted by molar-refractivity contribution is 0.495. The van der Waals surface area contributed by atoms with Crippen LogP contribution >= 0.6 is 0 Å². The summed E-state index contributed by atoms with van der Waals surface area (Å²) in [7, 11) is 0. The molecule has 1 aromatic heterocycles. The fourth-order valence-electron chi connectivity index (χ4n) is 1.94. The van der Waals surface area contributed by atoms with Gasteiger partial charge in [0.05, 0.1) is 0 Å². The average Bonchev–Trinajstić information content (AvgIpc) is 2.30. The van der Waals surface area contributed by atoms with E-state index in [0.29, 0.717) is 12.0 Å². The van der Waals surface area contributed by atoms with Gasteiger partial charge in [0.1, 0.15) is 0 Å². The SMILES string of the molecule is CC(C)c1ccnc(N2CCC(N)CC2)n1.